The van der Waals surface area contributed by atoms with Crippen molar-refractivity contribution in [1.82, 2.24) is 14.9 Å². The maximum absolute atomic E-state index is 11.8. The summed E-state index contributed by atoms with van der Waals surface area (Å²) in [6.07, 6.45) is 0. The monoisotopic (exact) mass is 281 g/mol. The molecule has 6 heteroatoms. The molecule has 0 bridgehead atoms. The number of alkyl halides is 1. The zero-order valence-electron chi connectivity index (χ0n) is 9.81. The Morgan fingerprint density at radius 2 is 2.00 bits per heavy atom. The smallest absolute Gasteiger partial charge is 0.265 e. The van der Waals surface area contributed by atoms with Crippen LogP contribution in [-0.2, 0) is 12.4 Å². The van der Waals surface area contributed by atoms with Gasteiger partial charge in [-0.2, -0.15) is 0 Å². The lowest BCUT2D eigenvalue weighted by atomic mass is 10.1. The third-order valence-electron chi connectivity index (χ3n) is 2.49. The Morgan fingerprint density at radius 1 is 1.33 bits per heavy atom. The summed E-state index contributed by atoms with van der Waals surface area (Å²) in [5.74, 6) is 0.363. The van der Waals surface area contributed by atoms with Gasteiger partial charge >= 0.3 is 0 Å². The molecule has 0 fully saturated rings. The number of halogens is 1. The number of nitrogens with zero attached hydrogens (tertiary/aromatic N) is 2. The van der Waals surface area contributed by atoms with E-state index < -0.39 is 0 Å². The van der Waals surface area contributed by atoms with E-state index in [1.165, 1.54) is 0 Å². The van der Waals surface area contributed by atoms with Crippen LogP contribution < -0.4 is 5.32 Å². The predicted octanol–water partition coefficient (Wildman–Crippen LogP) is 2.52. The van der Waals surface area contributed by atoms with E-state index >= 15 is 0 Å². The number of carbonyl (C=O) groups is 1. The number of hydrogen-bond donors (Lipinski definition) is 1. The van der Waals surface area contributed by atoms with E-state index in [1.807, 2.05) is 24.3 Å². The normalized spacial score (nSPS) is 10.3. The predicted molar refractivity (Wildman–Crippen MR) is 71.8 cm³/mol. The van der Waals surface area contributed by atoms with Crippen LogP contribution >= 0.6 is 23.1 Å². The molecule has 0 spiro atoms. The summed E-state index contributed by atoms with van der Waals surface area (Å²) in [5.41, 5.74) is 2.76. The summed E-state index contributed by atoms with van der Waals surface area (Å²) in [4.78, 5) is 12.4. The Bertz CT molecular complexity index is 539. The number of rotatable bonds is 4. The first-order chi connectivity index (χ1) is 8.70. The van der Waals surface area contributed by atoms with Crippen molar-refractivity contribution in [2.45, 2.75) is 19.3 Å². The molecule has 0 saturated heterocycles. The average Bonchev–Trinajstić information content (AvgIpc) is 2.83. The van der Waals surface area contributed by atoms with Crippen LogP contribution in [0.1, 0.15) is 26.5 Å². The van der Waals surface area contributed by atoms with Crippen LogP contribution in [0.3, 0.4) is 0 Å². The van der Waals surface area contributed by atoms with Crippen molar-refractivity contribution < 1.29 is 4.79 Å². The molecule has 4 nitrogen and oxygen atoms in total. The van der Waals surface area contributed by atoms with E-state index in [0.29, 0.717) is 23.0 Å². The average molecular weight is 282 g/mol. The first-order valence-corrected chi connectivity index (χ1v) is 6.72. The molecule has 0 aliphatic carbocycles. The molecule has 0 radical (unpaired) electrons. The molecule has 94 valence electrons. The van der Waals surface area contributed by atoms with Crippen molar-refractivity contribution in [3.8, 4) is 0 Å². The van der Waals surface area contributed by atoms with Gasteiger partial charge in [0.1, 0.15) is 4.88 Å². The first-order valence-electron chi connectivity index (χ1n) is 5.41. The van der Waals surface area contributed by atoms with E-state index in [2.05, 4.69) is 14.9 Å². The quantitative estimate of drug-likeness (QED) is 0.876. The summed E-state index contributed by atoms with van der Waals surface area (Å²) in [7, 11) is 0. The summed E-state index contributed by atoms with van der Waals surface area (Å²) < 4.78 is 3.74. The van der Waals surface area contributed by atoms with Gasteiger partial charge in [0, 0.05) is 12.4 Å². The lowest BCUT2D eigenvalue weighted by molar-refractivity contribution is 0.0954. The second-order valence-electron chi connectivity index (χ2n) is 3.82. The fraction of sp³-hybridized carbons (Fsp3) is 0.250. The summed E-state index contributed by atoms with van der Waals surface area (Å²) >= 11 is 6.82. The standard InChI is InChI=1S/C12H12ClN3OS/c1-8-11(18-16-15-8)12(17)14-7-10-4-2-9(6-13)3-5-10/h2-5H,6-7H2,1H3,(H,14,17). The molecule has 1 amide bonds. The van der Waals surface area contributed by atoms with Crippen molar-refractivity contribution >= 4 is 29.0 Å². The number of amides is 1. The molecule has 0 aliphatic rings. The number of aromatic nitrogens is 2. The molecule has 1 heterocycles. The van der Waals surface area contributed by atoms with Gasteiger partial charge in [0.25, 0.3) is 5.91 Å². The first kappa shape index (κ1) is 13.0. The van der Waals surface area contributed by atoms with Crippen LogP contribution in [-0.4, -0.2) is 15.5 Å². The number of benzene rings is 1. The third-order valence-corrected chi connectivity index (χ3v) is 3.62. The number of nitrogens with one attached hydrogen (secondary N) is 1. The Balaban J connectivity index is 1.95. The van der Waals surface area contributed by atoms with Gasteiger partial charge in [-0.3, -0.25) is 4.79 Å². The molecule has 2 rings (SSSR count). The van der Waals surface area contributed by atoms with Gasteiger partial charge in [-0.25, -0.2) is 0 Å². The van der Waals surface area contributed by atoms with Crippen LogP contribution in [0.2, 0.25) is 0 Å². The minimum atomic E-state index is -0.135. The molecule has 0 aliphatic heterocycles. The molecule has 0 unspecified atom stereocenters. The van der Waals surface area contributed by atoms with Gasteiger partial charge in [0.05, 0.1) is 5.69 Å². The molecular weight excluding hydrogens is 270 g/mol. The lowest BCUT2D eigenvalue weighted by Crippen LogP contribution is -2.22. The Labute approximate surface area is 114 Å². The zero-order valence-corrected chi connectivity index (χ0v) is 11.4. The SMILES string of the molecule is Cc1nnsc1C(=O)NCc1ccc(CCl)cc1. The van der Waals surface area contributed by atoms with Gasteiger partial charge in [-0.1, -0.05) is 28.8 Å². The highest BCUT2D eigenvalue weighted by atomic mass is 35.5. The van der Waals surface area contributed by atoms with Crippen LogP contribution in [0.5, 0.6) is 0 Å². The fourth-order valence-electron chi connectivity index (χ4n) is 1.45. The minimum Gasteiger partial charge on any atom is -0.347 e. The van der Waals surface area contributed by atoms with E-state index in [4.69, 9.17) is 11.6 Å². The maximum atomic E-state index is 11.8. The third kappa shape index (κ3) is 3.05. The van der Waals surface area contributed by atoms with Gasteiger partial charge in [0.15, 0.2) is 0 Å². The van der Waals surface area contributed by atoms with Crippen LogP contribution in [0.15, 0.2) is 24.3 Å². The van der Waals surface area contributed by atoms with Crippen molar-refractivity contribution in [1.29, 1.82) is 0 Å². The Morgan fingerprint density at radius 3 is 2.56 bits per heavy atom. The van der Waals surface area contributed by atoms with Crippen molar-refractivity contribution in [2.24, 2.45) is 0 Å². The zero-order chi connectivity index (χ0) is 13.0. The van der Waals surface area contributed by atoms with Crippen LogP contribution in [0.25, 0.3) is 0 Å². The number of hydrogen-bond acceptors (Lipinski definition) is 4. The number of carbonyl (C=O) groups excluding carboxylic acids is 1. The van der Waals surface area contributed by atoms with Gasteiger partial charge in [-0.15, -0.1) is 16.7 Å². The summed E-state index contributed by atoms with van der Waals surface area (Å²) in [6.45, 7) is 2.26. The molecule has 0 atom stereocenters. The Hall–Kier alpha value is -1.46. The second kappa shape index (κ2) is 5.93. The largest absolute Gasteiger partial charge is 0.347 e. The molecule has 1 aromatic heterocycles. The van der Waals surface area contributed by atoms with Gasteiger partial charge in [-0.05, 0) is 29.6 Å². The van der Waals surface area contributed by atoms with E-state index in [0.717, 1.165) is 22.7 Å². The maximum Gasteiger partial charge on any atom is 0.265 e. The van der Waals surface area contributed by atoms with Crippen molar-refractivity contribution in [3.63, 3.8) is 0 Å². The second-order valence-corrected chi connectivity index (χ2v) is 4.84. The molecule has 0 saturated carbocycles. The van der Waals surface area contributed by atoms with Crippen LogP contribution in [0.4, 0.5) is 0 Å². The summed E-state index contributed by atoms with van der Waals surface area (Å²) in [6, 6.07) is 7.81. The van der Waals surface area contributed by atoms with Crippen molar-refractivity contribution in [2.75, 3.05) is 0 Å². The van der Waals surface area contributed by atoms with E-state index in [-0.39, 0.29) is 5.91 Å². The fourth-order valence-corrected chi connectivity index (χ4v) is 2.20. The summed E-state index contributed by atoms with van der Waals surface area (Å²) in [5, 5.41) is 6.65. The van der Waals surface area contributed by atoms with E-state index in [1.54, 1.807) is 6.92 Å². The van der Waals surface area contributed by atoms with E-state index in [9.17, 15) is 4.79 Å². The van der Waals surface area contributed by atoms with Crippen molar-refractivity contribution in [3.05, 3.63) is 46.0 Å². The lowest BCUT2D eigenvalue weighted by Gasteiger charge is -2.04. The Kier molecular flexibility index (Phi) is 4.28. The highest BCUT2D eigenvalue weighted by Gasteiger charge is 2.12. The highest BCUT2D eigenvalue weighted by Crippen LogP contribution is 2.10. The van der Waals surface area contributed by atoms with Gasteiger partial charge in [0.2, 0.25) is 0 Å². The molecule has 1 aromatic carbocycles. The topological polar surface area (TPSA) is 54.9 Å². The molecule has 18 heavy (non-hydrogen) atoms. The van der Waals surface area contributed by atoms with Gasteiger partial charge < -0.3 is 5.32 Å². The minimum absolute atomic E-state index is 0.135. The molecule has 1 N–H and O–H groups in total. The number of aryl methyl sites for hydroxylation is 1. The molecule has 2 aromatic rings. The highest BCUT2D eigenvalue weighted by molar-refractivity contribution is 7.07. The molecular formula is C12H12ClN3OS. The van der Waals surface area contributed by atoms with Crippen LogP contribution in [0, 0.1) is 6.92 Å².